The number of anilines is 1. The molecule has 0 radical (unpaired) electrons. The minimum atomic E-state index is -4.69. The van der Waals surface area contributed by atoms with E-state index in [1.54, 1.807) is 24.6 Å². The Hall–Kier alpha value is -5.34. The number of hydrogen-bond acceptors (Lipinski definition) is 6. The maximum absolute atomic E-state index is 14.5. The number of morpholine rings is 1. The maximum Gasteiger partial charge on any atom is 0.416 e. The number of hydrogen-bond donors (Lipinski definition) is 2. The summed E-state index contributed by atoms with van der Waals surface area (Å²) >= 11 is 0. The van der Waals surface area contributed by atoms with Crippen LogP contribution in [0, 0.1) is 5.82 Å². The number of amides is 3. The molecule has 2 N–H and O–H groups in total. The maximum atomic E-state index is 14.5. The molecule has 272 valence electrons. The van der Waals surface area contributed by atoms with Gasteiger partial charge in [-0.05, 0) is 61.9 Å². The molecule has 0 aliphatic carbocycles. The van der Waals surface area contributed by atoms with Crippen LogP contribution >= 0.6 is 0 Å². The molecule has 0 spiro atoms. The number of allylic oxidation sites excluding steroid dienone is 1. The minimum Gasteiger partial charge on any atom is -0.379 e. The van der Waals surface area contributed by atoms with Gasteiger partial charge >= 0.3 is 6.18 Å². The first-order chi connectivity index (χ1) is 25.0. The van der Waals surface area contributed by atoms with Crippen LogP contribution in [0.3, 0.4) is 0 Å². The first kappa shape index (κ1) is 36.5. The number of carbonyl (C=O) groups excluding carboxylic acids is 3. The van der Waals surface area contributed by atoms with Gasteiger partial charge in [0.05, 0.1) is 36.7 Å². The van der Waals surface area contributed by atoms with Gasteiger partial charge in [-0.3, -0.25) is 24.2 Å². The zero-order valence-corrected chi connectivity index (χ0v) is 28.6. The lowest BCUT2D eigenvalue weighted by atomic mass is 9.80. The van der Waals surface area contributed by atoms with Gasteiger partial charge in [-0.1, -0.05) is 42.5 Å². The van der Waals surface area contributed by atoms with Crippen molar-refractivity contribution >= 4 is 23.5 Å². The highest BCUT2D eigenvalue weighted by molar-refractivity contribution is 6.05. The molecule has 1 saturated heterocycles. The molecule has 1 aromatic heterocycles. The van der Waals surface area contributed by atoms with E-state index < -0.39 is 41.3 Å². The first-order valence-electron chi connectivity index (χ1n) is 17.0. The molecule has 0 saturated carbocycles. The van der Waals surface area contributed by atoms with Gasteiger partial charge in [-0.25, -0.2) is 9.07 Å². The summed E-state index contributed by atoms with van der Waals surface area (Å²) in [6.45, 7) is 6.55. The Morgan fingerprint density at radius 1 is 1.00 bits per heavy atom. The third-order valence-corrected chi connectivity index (χ3v) is 9.24. The minimum absolute atomic E-state index is 0.0703. The number of para-hydroxylation sites is 1. The summed E-state index contributed by atoms with van der Waals surface area (Å²) in [5.41, 5.74) is 1.18. The molecule has 0 unspecified atom stereocenters. The second-order valence-corrected chi connectivity index (χ2v) is 12.5. The van der Waals surface area contributed by atoms with E-state index in [2.05, 4.69) is 15.5 Å². The topological polar surface area (TPSA) is 109 Å². The van der Waals surface area contributed by atoms with Gasteiger partial charge in [0.15, 0.2) is 0 Å². The summed E-state index contributed by atoms with van der Waals surface area (Å²) in [6, 6.07) is 17.1. The molecule has 2 aliphatic rings. The zero-order chi connectivity index (χ0) is 37.0. The standard InChI is InChI=1S/C38H38F4N6O4/c1-3-24(23-46-17-19-52-20-18-46)34(49)43-22-30-32-31(25-13-15-28(39)16-14-25)33(44-35(50)26-9-8-10-27(21-26)38(40,41)42)37(51)47(4-2)36(32)48(45-30)29-11-6-5-7-12-29/h3,5-16,21,31,33H,4,17-20,22-23H2,1-2H3,(H,43,49)(H,44,50)/b24-3+/t31-,33-/m0/s1. The molecule has 2 atom stereocenters. The van der Waals surface area contributed by atoms with Crippen LogP contribution in [-0.4, -0.2) is 77.8 Å². The summed E-state index contributed by atoms with van der Waals surface area (Å²) in [4.78, 5) is 45.3. The van der Waals surface area contributed by atoms with E-state index in [9.17, 15) is 31.9 Å². The summed E-state index contributed by atoms with van der Waals surface area (Å²) < 4.78 is 62.0. The van der Waals surface area contributed by atoms with Crippen LogP contribution in [0.25, 0.3) is 5.69 Å². The third-order valence-electron chi connectivity index (χ3n) is 9.24. The highest BCUT2D eigenvalue weighted by Crippen LogP contribution is 2.44. The molecular weight excluding hydrogens is 680 g/mol. The van der Waals surface area contributed by atoms with Gasteiger partial charge < -0.3 is 15.4 Å². The van der Waals surface area contributed by atoms with Gasteiger partial charge in [0.1, 0.15) is 17.7 Å². The van der Waals surface area contributed by atoms with Crippen molar-refractivity contribution in [3.05, 3.63) is 124 Å². The number of fused-ring (bicyclic) bond motifs is 1. The lowest BCUT2D eigenvalue weighted by Crippen LogP contribution is -2.55. The molecule has 52 heavy (non-hydrogen) atoms. The van der Waals surface area contributed by atoms with Crippen LogP contribution in [0.2, 0.25) is 0 Å². The molecule has 3 heterocycles. The van der Waals surface area contributed by atoms with E-state index in [1.165, 1.54) is 35.2 Å². The van der Waals surface area contributed by atoms with Gasteiger partial charge in [-0.2, -0.15) is 18.3 Å². The van der Waals surface area contributed by atoms with Crippen LogP contribution < -0.4 is 15.5 Å². The Kier molecular flexibility index (Phi) is 10.9. The number of carbonyl (C=O) groups is 3. The average molecular weight is 719 g/mol. The quantitative estimate of drug-likeness (QED) is 0.172. The number of likely N-dealkylation sites (N-methyl/N-ethyl adjacent to an activating group) is 1. The van der Waals surface area contributed by atoms with Crippen LogP contribution in [-0.2, 0) is 27.0 Å². The van der Waals surface area contributed by atoms with Crippen molar-refractivity contribution in [1.82, 2.24) is 25.3 Å². The van der Waals surface area contributed by atoms with Gasteiger partial charge in [0, 0.05) is 48.8 Å². The molecule has 3 amide bonds. The van der Waals surface area contributed by atoms with Gasteiger partial charge in [0.25, 0.3) is 11.8 Å². The number of halogens is 4. The number of nitrogens with zero attached hydrogens (tertiary/aromatic N) is 4. The van der Waals surface area contributed by atoms with Crippen LogP contribution in [0.1, 0.15) is 52.5 Å². The van der Waals surface area contributed by atoms with E-state index in [4.69, 9.17) is 9.84 Å². The molecule has 1 fully saturated rings. The zero-order valence-electron chi connectivity index (χ0n) is 28.6. The predicted molar refractivity (Wildman–Crippen MR) is 185 cm³/mol. The second kappa shape index (κ2) is 15.5. The lowest BCUT2D eigenvalue weighted by Gasteiger charge is -2.38. The number of aromatic nitrogens is 2. The number of ether oxygens (including phenoxy) is 1. The molecule has 14 heteroatoms. The van der Waals surface area contributed by atoms with E-state index in [1.807, 2.05) is 30.3 Å². The third kappa shape index (κ3) is 7.63. The first-order valence-corrected chi connectivity index (χ1v) is 17.0. The number of alkyl halides is 3. The molecule has 0 bridgehead atoms. The Morgan fingerprint density at radius 2 is 1.71 bits per heavy atom. The fourth-order valence-corrected chi connectivity index (χ4v) is 6.62. The van der Waals surface area contributed by atoms with Crippen LogP contribution in [0.5, 0.6) is 0 Å². The molecule has 3 aromatic carbocycles. The Labute approximate surface area is 298 Å². The van der Waals surface area contributed by atoms with E-state index >= 15 is 0 Å². The lowest BCUT2D eigenvalue weighted by molar-refractivity contribution is -0.137. The largest absolute Gasteiger partial charge is 0.416 e. The highest BCUT2D eigenvalue weighted by atomic mass is 19.4. The number of nitrogens with one attached hydrogen (secondary N) is 2. The average Bonchev–Trinajstić information content (AvgIpc) is 3.52. The van der Waals surface area contributed by atoms with Crippen molar-refractivity contribution < 1.29 is 36.7 Å². The summed E-state index contributed by atoms with van der Waals surface area (Å²) in [6.07, 6.45) is -2.94. The monoisotopic (exact) mass is 718 g/mol. The van der Waals surface area contributed by atoms with E-state index in [-0.39, 0.29) is 24.6 Å². The molecule has 10 nitrogen and oxygen atoms in total. The van der Waals surface area contributed by atoms with E-state index in [0.717, 1.165) is 18.2 Å². The van der Waals surface area contributed by atoms with Crippen molar-refractivity contribution in [1.29, 1.82) is 0 Å². The molecule has 4 aromatic rings. The Morgan fingerprint density at radius 3 is 2.37 bits per heavy atom. The fourth-order valence-electron chi connectivity index (χ4n) is 6.62. The summed E-state index contributed by atoms with van der Waals surface area (Å²) in [5.74, 6) is -2.87. The summed E-state index contributed by atoms with van der Waals surface area (Å²) in [5, 5.41) is 10.6. The highest BCUT2D eigenvalue weighted by Gasteiger charge is 2.46. The fraction of sp³-hybridized carbons (Fsp3) is 0.316. The molecule has 2 aliphatic heterocycles. The van der Waals surface area contributed by atoms with Crippen molar-refractivity contribution in [2.24, 2.45) is 0 Å². The SMILES string of the molecule is C/C=C(\CN1CCOCC1)C(=O)NCc1nn(-c2ccccc2)c2c1[C@H](c1ccc(F)cc1)[C@H](NC(=O)c1cccc(C(F)(F)F)c1)C(=O)N2CC. The van der Waals surface area contributed by atoms with Crippen LogP contribution in [0.15, 0.2) is 90.5 Å². The Balaban J connectivity index is 1.44. The van der Waals surface area contributed by atoms with Gasteiger partial charge in [0.2, 0.25) is 5.91 Å². The number of benzene rings is 3. The molecule has 6 rings (SSSR count). The van der Waals surface area contributed by atoms with Crippen molar-refractivity contribution in [2.75, 3.05) is 44.3 Å². The van der Waals surface area contributed by atoms with Crippen molar-refractivity contribution in [2.45, 2.75) is 38.5 Å². The van der Waals surface area contributed by atoms with Crippen molar-refractivity contribution in [3.8, 4) is 5.69 Å². The van der Waals surface area contributed by atoms with E-state index in [0.29, 0.717) is 66.7 Å². The Bertz CT molecular complexity index is 1960. The summed E-state index contributed by atoms with van der Waals surface area (Å²) in [7, 11) is 0. The second-order valence-electron chi connectivity index (χ2n) is 12.5. The molecular formula is C38H38F4N6O4. The predicted octanol–water partition coefficient (Wildman–Crippen LogP) is 5.22. The normalized spacial score (nSPS) is 18.2. The number of rotatable bonds is 10. The van der Waals surface area contributed by atoms with Crippen molar-refractivity contribution in [3.63, 3.8) is 0 Å². The van der Waals surface area contributed by atoms with Crippen LogP contribution in [0.4, 0.5) is 23.4 Å². The smallest absolute Gasteiger partial charge is 0.379 e. The van der Waals surface area contributed by atoms with Gasteiger partial charge in [-0.15, -0.1) is 0 Å².